The summed E-state index contributed by atoms with van der Waals surface area (Å²) in [5.74, 6) is -0.0818. The first-order chi connectivity index (χ1) is 14.5. The Bertz CT molecular complexity index is 963. The van der Waals surface area contributed by atoms with Crippen molar-refractivity contribution in [2.75, 3.05) is 31.2 Å². The zero-order valence-corrected chi connectivity index (χ0v) is 18.3. The second kappa shape index (κ2) is 9.42. The van der Waals surface area contributed by atoms with Crippen molar-refractivity contribution in [3.8, 4) is 0 Å². The minimum atomic E-state index is -3.86. The van der Waals surface area contributed by atoms with E-state index in [4.69, 9.17) is 4.74 Å². The van der Waals surface area contributed by atoms with Crippen LogP contribution in [0.1, 0.15) is 54.1 Å². The molecule has 2 heterocycles. The van der Waals surface area contributed by atoms with Crippen LogP contribution in [0.3, 0.4) is 0 Å². The molecule has 1 aliphatic carbocycles. The van der Waals surface area contributed by atoms with Crippen LogP contribution in [-0.4, -0.2) is 45.6 Å². The van der Waals surface area contributed by atoms with E-state index in [9.17, 15) is 13.2 Å². The second-order valence-corrected chi connectivity index (χ2v) is 10.1. The Balaban J connectivity index is 1.35. The summed E-state index contributed by atoms with van der Waals surface area (Å²) in [6.45, 7) is 2.69. The van der Waals surface area contributed by atoms with Crippen molar-refractivity contribution in [3.05, 3.63) is 40.9 Å². The fourth-order valence-corrected chi connectivity index (χ4v) is 5.56. The fourth-order valence-electron chi connectivity index (χ4n) is 3.86. The van der Waals surface area contributed by atoms with Crippen LogP contribution in [0.25, 0.3) is 0 Å². The number of hydrogen-bond acceptors (Lipinski definition) is 7. The van der Waals surface area contributed by atoms with Gasteiger partial charge in [0.25, 0.3) is 15.9 Å². The Morgan fingerprint density at radius 1 is 1.10 bits per heavy atom. The Labute approximate surface area is 180 Å². The number of carbonyl (C=O) groups excluding carboxylic acids is 1. The molecule has 2 fully saturated rings. The van der Waals surface area contributed by atoms with Gasteiger partial charge in [-0.2, -0.15) is 0 Å². The van der Waals surface area contributed by atoms with Gasteiger partial charge in [-0.3, -0.25) is 10.2 Å². The number of morpholine rings is 1. The van der Waals surface area contributed by atoms with Crippen LogP contribution in [0.4, 0.5) is 5.13 Å². The number of aromatic nitrogens is 1. The van der Waals surface area contributed by atoms with Gasteiger partial charge in [0.1, 0.15) is 5.69 Å². The van der Waals surface area contributed by atoms with Crippen molar-refractivity contribution < 1.29 is 17.9 Å². The summed E-state index contributed by atoms with van der Waals surface area (Å²) in [5.41, 5.74) is 3.61. The van der Waals surface area contributed by atoms with E-state index < -0.39 is 15.9 Å². The highest BCUT2D eigenvalue weighted by Gasteiger charge is 2.21. The molecule has 30 heavy (non-hydrogen) atoms. The number of ether oxygens (including phenoxy) is 1. The summed E-state index contributed by atoms with van der Waals surface area (Å²) in [4.78, 5) is 21.0. The average Bonchev–Trinajstić information content (AvgIpc) is 3.29. The van der Waals surface area contributed by atoms with E-state index >= 15 is 0 Å². The van der Waals surface area contributed by atoms with Crippen LogP contribution in [0.2, 0.25) is 0 Å². The van der Waals surface area contributed by atoms with Crippen molar-refractivity contribution in [3.63, 3.8) is 0 Å². The number of nitrogens with one attached hydrogen (secondary N) is 2. The molecule has 162 valence electrons. The molecule has 1 aliphatic heterocycles. The van der Waals surface area contributed by atoms with Gasteiger partial charge in [-0.05, 0) is 36.5 Å². The van der Waals surface area contributed by atoms with Gasteiger partial charge in [-0.1, -0.05) is 31.4 Å². The number of carbonyl (C=O) groups is 1. The number of nitrogens with zero attached hydrogens (tertiary/aromatic N) is 2. The first kappa shape index (κ1) is 21.2. The van der Waals surface area contributed by atoms with E-state index in [1.165, 1.54) is 36.2 Å². The number of hydrogen-bond donors (Lipinski definition) is 2. The Morgan fingerprint density at radius 3 is 2.50 bits per heavy atom. The molecule has 1 amide bonds. The van der Waals surface area contributed by atoms with Gasteiger partial charge in [0.05, 0.1) is 18.1 Å². The molecule has 0 spiro atoms. The third-order valence-electron chi connectivity index (χ3n) is 5.57. The molecular weight excluding hydrogens is 424 g/mol. The molecular formula is C20H26N4O4S2. The van der Waals surface area contributed by atoms with Crippen LogP contribution in [0, 0.1) is 0 Å². The molecule has 1 aromatic heterocycles. The largest absolute Gasteiger partial charge is 0.378 e. The lowest BCUT2D eigenvalue weighted by Gasteiger charge is -2.25. The first-order valence-corrected chi connectivity index (χ1v) is 12.6. The summed E-state index contributed by atoms with van der Waals surface area (Å²) in [6, 6.07) is 6.94. The smallest absolute Gasteiger partial charge is 0.285 e. The van der Waals surface area contributed by atoms with Gasteiger partial charge >= 0.3 is 0 Å². The highest BCUT2D eigenvalue weighted by molar-refractivity contribution is 7.89. The molecule has 0 atom stereocenters. The number of hydrazine groups is 1. The lowest BCUT2D eigenvalue weighted by molar-refractivity contribution is 0.0940. The van der Waals surface area contributed by atoms with Crippen molar-refractivity contribution >= 4 is 32.4 Å². The van der Waals surface area contributed by atoms with E-state index in [0.717, 1.165) is 31.1 Å². The molecule has 4 rings (SSSR count). The Hall–Kier alpha value is -2.01. The van der Waals surface area contributed by atoms with Gasteiger partial charge in [-0.25, -0.2) is 13.4 Å². The Morgan fingerprint density at radius 2 is 1.80 bits per heavy atom. The van der Waals surface area contributed by atoms with Gasteiger partial charge in [-0.15, -0.1) is 16.2 Å². The zero-order chi connectivity index (χ0) is 21.0. The molecule has 1 saturated heterocycles. The fraction of sp³-hybridized carbons (Fsp3) is 0.500. The summed E-state index contributed by atoms with van der Waals surface area (Å²) < 4.78 is 30.4. The first-order valence-electron chi connectivity index (χ1n) is 10.2. The van der Waals surface area contributed by atoms with E-state index in [1.807, 2.05) is 17.0 Å². The Kier molecular flexibility index (Phi) is 6.67. The highest BCUT2D eigenvalue weighted by Crippen LogP contribution is 2.32. The topological polar surface area (TPSA) is 101 Å². The van der Waals surface area contributed by atoms with Crippen LogP contribution < -0.4 is 15.2 Å². The molecule has 10 heteroatoms. The monoisotopic (exact) mass is 450 g/mol. The second-order valence-electron chi connectivity index (χ2n) is 7.58. The van der Waals surface area contributed by atoms with Gasteiger partial charge in [0.2, 0.25) is 0 Å². The minimum absolute atomic E-state index is 0.120. The van der Waals surface area contributed by atoms with Crippen molar-refractivity contribution in [2.45, 2.75) is 42.9 Å². The van der Waals surface area contributed by atoms with Crippen LogP contribution >= 0.6 is 11.3 Å². The van der Waals surface area contributed by atoms with Gasteiger partial charge < -0.3 is 9.64 Å². The SMILES string of the molecule is O=C(NNS(=O)(=O)c1ccc(C2CCCCC2)cc1)c1csc(N2CCOCC2)n1. The average molecular weight is 451 g/mol. The molecule has 2 aromatic rings. The molecule has 2 N–H and O–H groups in total. The lowest BCUT2D eigenvalue weighted by Crippen LogP contribution is -2.41. The number of amides is 1. The highest BCUT2D eigenvalue weighted by atomic mass is 32.2. The van der Waals surface area contributed by atoms with E-state index in [-0.39, 0.29) is 10.6 Å². The molecule has 1 aromatic carbocycles. The zero-order valence-electron chi connectivity index (χ0n) is 16.7. The quantitative estimate of drug-likeness (QED) is 0.657. The third-order valence-corrected chi connectivity index (χ3v) is 7.74. The number of sulfonamides is 1. The number of benzene rings is 1. The van der Waals surface area contributed by atoms with Crippen molar-refractivity contribution in [1.29, 1.82) is 0 Å². The number of rotatable bonds is 6. The van der Waals surface area contributed by atoms with E-state index in [0.29, 0.717) is 19.1 Å². The molecule has 2 aliphatic rings. The maximum Gasteiger partial charge on any atom is 0.285 e. The molecule has 8 nitrogen and oxygen atoms in total. The van der Waals surface area contributed by atoms with Crippen molar-refractivity contribution in [2.24, 2.45) is 0 Å². The minimum Gasteiger partial charge on any atom is -0.378 e. The number of thiazole rings is 1. The summed E-state index contributed by atoms with van der Waals surface area (Å²) >= 11 is 1.35. The van der Waals surface area contributed by atoms with Crippen molar-refractivity contribution in [1.82, 2.24) is 15.2 Å². The predicted octanol–water partition coefficient (Wildman–Crippen LogP) is 2.65. The summed E-state index contributed by atoms with van der Waals surface area (Å²) in [6.07, 6.45) is 6.03. The molecule has 0 unspecified atom stereocenters. The maximum atomic E-state index is 12.5. The molecule has 0 radical (unpaired) electrons. The van der Waals surface area contributed by atoms with E-state index in [2.05, 4.69) is 15.2 Å². The van der Waals surface area contributed by atoms with E-state index in [1.54, 1.807) is 17.5 Å². The standard InChI is InChI=1S/C20H26N4O4S2/c25-19(18-14-29-20(21-18)24-10-12-28-13-11-24)22-23-30(26,27)17-8-6-16(7-9-17)15-4-2-1-3-5-15/h6-9,14-15,23H,1-5,10-13H2,(H,22,25). The predicted molar refractivity (Wildman–Crippen MR) is 115 cm³/mol. The van der Waals surface area contributed by atoms with Crippen LogP contribution in [0.15, 0.2) is 34.5 Å². The number of anilines is 1. The summed E-state index contributed by atoms with van der Waals surface area (Å²) in [7, 11) is -3.86. The van der Waals surface area contributed by atoms with Crippen LogP contribution in [-0.2, 0) is 14.8 Å². The molecule has 1 saturated carbocycles. The lowest BCUT2D eigenvalue weighted by atomic mass is 9.84. The maximum absolute atomic E-state index is 12.5. The van der Waals surface area contributed by atoms with Crippen LogP contribution in [0.5, 0.6) is 0 Å². The van der Waals surface area contributed by atoms with Gasteiger partial charge in [0, 0.05) is 18.5 Å². The normalized spacial score (nSPS) is 18.3. The molecule has 0 bridgehead atoms. The van der Waals surface area contributed by atoms with Gasteiger partial charge in [0.15, 0.2) is 5.13 Å². The third kappa shape index (κ3) is 5.00. The summed E-state index contributed by atoms with van der Waals surface area (Å²) in [5, 5.41) is 2.34.